The second-order valence-electron chi connectivity index (χ2n) is 5.45. The lowest BCUT2D eigenvalue weighted by Crippen LogP contribution is -2.15. The normalized spacial score (nSPS) is 13.0. The highest BCUT2D eigenvalue weighted by molar-refractivity contribution is 7.16. The Kier molecular flexibility index (Phi) is 4.23. The van der Waals surface area contributed by atoms with Crippen LogP contribution in [0, 0.1) is 5.92 Å². The molecule has 0 bridgehead atoms. The van der Waals surface area contributed by atoms with Gasteiger partial charge in [0.25, 0.3) is 5.56 Å². The Hall–Kier alpha value is -1.69. The topological polar surface area (TPSA) is 83.0 Å². The number of fused-ring (bicyclic) bond motifs is 1. The zero-order valence-corrected chi connectivity index (χ0v) is 12.6. The number of hydrogen-bond donors (Lipinski definition) is 2. The molecular formula is C14H18N2O3S. The summed E-state index contributed by atoms with van der Waals surface area (Å²) < 4.78 is 0. The molecule has 2 rings (SSSR count). The molecule has 2 N–H and O–H groups in total. The summed E-state index contributed by atoms with van der Waals surface area (Å²) >= 11 is 1.46. The monoisotopic (exact) mass is 294 g/mol. The van der Waals surface area contributed by atoms with E-state index in [1.165, 1.54) is 11.3 Å². The van der Waals surface area contributed by atoms with Gasteiger partial charge in [-0.25, -0.2) is 4.98 Å². The van der Waals surface area contributed by atoms with Gasteiger partial charge in [-0.3, -0.25) is 9.59 Å². The highest BCUT2D eigenvalue weighted by atomic mass is 32.1. The Balaban J connectivity index is 2.34. The van der Waals surface area contributed by atoms with Gasteiger partial charge in [0.1, 0.15) is 10.7 Å². The molecule has 20 heavy (non-hydrogen) atoms. The van der Waals surface area contributed by atoms with Crippen molar-refractivity contribution in [3.8, 4) is 0 Å². The first-order valence-electron chi connectivity index (χ1n) is 6.60. The summed E-state index contributed by atoms with van der Waals surface area (Å²) in [6.45, 7) is 5.93. The fraction of sp³-hybridized carbons (Fsp3) is 0.500. The second-order valence-corrected chi connectivity index (χ2v) is 6.30. The second kappa shape index (κ2) is 5.75. The number of aliphatic carboxylic acids is 1. The quantitative estimate of drug-likeness (QED) is 0.888. The molecule has 2 heterocycles. The van der Waals surface area contributed by atoms with Crippen LogP contribution in [-0.2, 0) is 11.2 Å². The molecule has 0 aliphatic rings. The zero-order chi connectivity index (χ0) is 14.9. The number of carbonyl (C=O) groups is 1. The van der Waals surface area contributed by atoms with Crippen LogP contribution in [0.5, 0.6) is 0 Å². The predicted octanol–water partition coefficient (Wildman–Crippen LogP) is 2.76. The summed E-state index contributed by atoms with van der Waals surface area (Å²) in [6.07, 6.45) is 0.538. The SMILES string of the molecule is CC(CC(=O)O)Cc1nc2scc(C(C)C)c2c(=O)[nH]1. The number of aromatic nitrogens is 2. The highest BCUT2D eigenvalue weighted by Gasteiger charge is 2.15. The third kappa shape index (κ3) is 3.07. The molecular weight excluding hydrogens is 276 g/mol. The van der Waals surface area contributed by atoms with Gasteiger partial charge in [0.05, 0.1) is 5.39 Å². The lowest BCUT2D eigenvalue weighted by Gasteiger charge is -2.08. The van der Waals surface area contributed by atoms with Crippen molar-refractivity contribution in [1.82, 2.24) is 9.97 Å². The van der Waals surface area contributed by atoms with Gasteiger partial charge in [-0.2, -0.15) is 0 Å². The number of aromatic amines is 1. The first-order chi connectivity index (χ1) is 9.38. The zero-order valence-electron chi connectivity index (χ0n) is 11.8. The molecule has 2 aromatic rings. The van der Waals surface area contributed by atoms with Crippen molar-refractivity contribution in [3.63, 3.8) is 0 Å². The van der Waals surface area contributed by atoms with E-state index in [9.17, 15) is 9.59 Å². The maximum absolute atomic E-state index is 12.2. The molecule has 0 spiro atoms. The Morgan fingerprint density at radius 1 is 1.45 bits per heavy atom. The van der Waals surface area contributed by atoms with Gasteiger partial charge < -0.3 is 10.1 Å². The van der Waals surface area contributed by atoms with Crippen LogP contribution in [0.2, 0.25) is 0 Å². The molecule has 6 heteroatoms. The van der Waals surface area contributed by atoms with E-state index in [0.29, 0.717) is 17.6 Å². The van der Waals surface area contributed by atoms with Crippen molar-refractivity contribution in [2.24, 2.45) is 5.92 Å². The van der Waals surface area contributed by atoms with Crippen LogP contribution in [-0.4, -0.2) is 21.0 Å². The summed E-state index contributed by atoms with van der Waals surface area (Å²) in [4.78, 5) is 30.8. The minimum atomic E-state index is -0.834. The van der Waals surface area contributed by atoms with E-state index >= 15 is 0 Å². The Bertz CT molecular complexity index is 687. The number of carboxylic acids is 1. The van der Waals surface area contributed by atoms with Crippen molar-refractivity contribution < 1.29 is 9.90 Å². The predicted molar refractivity (Wildman–Crippen MR) is 79.5 cm³/mol. The molecule has 0 saturated heterocycles. The van der Waals surface area contributed by atoms with Gasteiger partial charge in [-0.15, -0.1) is 11.3 Å². The molecule has 1 atom stereocenters. The van der Waals surface area contributed by atoms with Crippen molar-refractivity contribution in [1.29, 1.82) is 0 Å². The van der Waals surface area contributed by atoms with E-state index in [4.69, 9.17) is 5.11 Å². The first-order valence-corrected chi connectivity index (χ1v) is 7.48. The maximum atomic E-state index is 12.2. The molecule has 0 radical (unpaired) electrons. The lowest BCUT2D eigenvalue weighted by molar-refractivity contribution is -0.137. The van der Waals surface area contributed by atoms with Gasteiger partial charge >= 0.3 is 5.97 Å². The van der Waals surface area contributed by atoms with Crippen LogP contribution in [0.1, 0.15) is 44.5 Å². The van der Waals surface area contributed by atoms with Crippen molar-refractivity contribution in [2.45, 2.75) is 39.5 Å². The van der Waals surface area contributed by atoms with Gasteiger partial charge in [0, 0.05) is 12.8 Å². The summed E-state index contributed by atoms with van der Waals surface area (Å²) in [7, 11) is 0. The maximum Gasteiger partial charge on any atom is 0.303 e. The molecule has 0 aliphatic carbocycles. The highest BCUT2D eigenvalue weighted by Crippen LogP contribution is 2.27. The van der Waals surface area contributed by atoms with Crippen LogP contribution in [0.3, 0.4) is 0 Å². The number of H-pyrrole nitrogens is 1. The number of thiophene rings is 1. The fourth-order valence-corrected chi connectivity index (χ4v) is 3.36. The molecule has 2 aromatic heterocycles. The minimum Gasteiger partial charge on any atom is -0.481 e. The number of nitrogens with one attached hydrogen (secondary N) is 1. The first kappa shape index (κ1) is 14.7. The Labute approximate surface area is 120 Å². The average Bonchev–Trinajstić information content (AvgIpc) is 2.71. The van der Waals surface area contributed by atoms with Crippen LogP contribution >= 0.6 is 11.3 Å². The van der Waals surface area contributed by atoms with E-state index in [2.05, 4.69) is 9.97 Å². The van der Waals surface area contributed by atoms with E-state index in [-0.39, 0.29) is 23.8 Å². The standard InChI is InChI=1S/C14H18N2O3S/c1-7(2)9-6-20-14-12(9)13(19)15-10(16-14)4-8(3)5-11(17)18/h6-8H,4-5H2,1-3H3,(H,17,18)(H,15,16,19). The van der Waals surface area contributed by atoms with Crippen molar-refractivity contribution in [3.05, 3.63) is 27.1 Å². The fourth-order valence-electron chi connectivity index (χ4n) is 2.24. The number of nitrogens with zero attached hydrogens (tertiary/aromatic N) is 1. The summed E-state index contributed by atoms with van der Waals surface area (Å²) in [5, 5.41) is 11.4. The summed E-state index contributed by atoms with van der Waals surface area (Å²) in [5.74, 6) is -0.0476. The molecule has 5 nitrogen and oxygen atoms in total. The van der Waals surface area contributed by atoms with Crippen LogP contribution < -0.4 is 5.56 Å². The smallest absolute Gasteiger partial charge is 0.303 e. The number of rotatable bonds is 5. The van der Waals surface area contributed by atoms with Crippen molar-refractivity contribution in [2.75, 3.05) is 0 Å². The largest absolute Gasteiger partial charge is 0.481 e. The van der Waals surface area contributed by atoms with Crippen LogP contribution in [0.25, 0.3) is 10.2 Å². The van der Waals surface area contributed by atoms with Crippen LogP contribution in [0.15, 0.2) is 10.2 Å². The van der Waals surface area contributed by atoms with Gasteiger partial charge in [0.2, 0.25) is 0 Å². The average molecular weight is 294 g/mol. The molecule has 0 aromatic carbocycles. The molecule has 0 amide bonds. The van der Waals surface area contributed by atoms with Gasteiger partial charge in [-0.05, 0) is 22.8 Å². The third-order valence-corrected chi connectivity index (χ3v) is 4.10. The molecule has 0 aliphatic heterocycles. The number of carboxylic acid groups (broad SMARTS) is 1. The summed E-state index contributed by atoms with van der Waals surface area (Å²) in [5.41, 5.74) is 0.890. The molecule has 0 fully saturated rings. The van der Waals surface area contributed by atoms with Crippen LogP contribution in [0.4, 0.5) is 0 Å². The summed E-state index contributed by atoms with van der Waals surface area (Å²) in [6, 6.07) is 0. The lowest BCUT2D eigenvalue weighted by atomic mass is 10.0. The number of hydrogen-bond acceptors (Lipinski definition) is 4. The molecule has 0 saturated carbocycles. The minimum absolute atomic E-state index is 0.0577. The van der Waals surface area contributed by atoms with Gasteiger partial charge in [0.15, 0.2) is 0 Å². The third-order valence-electron chi connectivity index (χ3n) is 3.21. The Morgan fingerprint density at radius 2 is 2.15 bits per heavy atom. The molecule has 1 unspecified atom stereocenters. The van der Waals surface area contributed by atoms with Gasteiger partial charge in [-0.1, -0.05) is 20.8 Å². The van der Waals surface area contributed by atoms with E-state index < -0.39 is 5.97 Å². The molecule has 108 valence electrons. The van der Waals surface area contributed by atoms with E-state index in [1.54, 1.807) is 0 Å². The van der Waals surface area contributed by atoms with E-state index in [0.717, 1.165) is 10.4 Å². The Morgan fingerprint density at radius 3 is 2.75 bits per heavy atom. The van der Waals surface area contributed by atoms with E-state index in [1.807, 2.05) is 26.2 Å². The van der Waals surface area contributed by atoms with Crippen molar-refractivity contribution >= 4 is 27.5 Å².